The Morgan fingerprint density at radius 3 is 2.52 bits per heavy atom. The molecule has 0 amide bonds. The first-order valence-corrected chi connectivity index (χ1v) is 6.55. The molecular weight excluding hydrogens is 293 g/mol. The highest BCUT2D eigenvalue weighted by atomic mass is 35.5. The highest BCUT2D eigenvalue weighted by Crippen LogP contribution is 2.26. The van der Waals surface area contributed by atoms with Crippen LogP contribution in [0.25, 0.3) is 0 Å². The maximum atomic E-state index is 12.8. The first kappa shape index (κ1) is 15.0. The minimum absolute atomic E-state index is 0.257. The van der Waals surface area contributed by atoms with Crippen LogP contribution in [0.15, 0.2) is 42.5 Å². The van der Waals surface area contributed by atoms with Gasteiger partial charge >= 0.3 is 0 Å². The van der Waals surface area contributed by atoms with Crippen LogP contribution in [-0.4, -0.2) is 11.9 Å². The number of ketones is 1. The minimum atomic E-state index is -0.777. The number of nitriles is 1. The Hall–Kier alpha value is -2.38. The van der Waals surface area contributed by atoms with Gasteiger partial charge in [0.2, 0.25) is 5.78 Å². The second-order valence-corrected chi connectivity index (χ2v) is 4.80. The van der Waals surface area contributed by atoms with Gasteiger partial charge in [0, 0.05) is 5.56 Å². The molecular formula is C16H11ClFNO2. The van der Waals surface area contributed by atoms with E-state index >= 15 is 0 Å². The predicted molar refractivity (Wildman–Crippen MR) is 77.0 cm³/mol. The molecule has 0 saturated heterocycles. The fourth-order valence-electron chi connectivity index (χ4n) is 1.76. The van der Waals surface area contributed by atoms with Gasteiger partial charge in [0.1, 0.15) is 11.6 Å². The van der Waals surface area contributed by atoms with E-state index in [4.69, 9.17) is 21.6 Å². The number of Topliss-reactive ketones (excluding diaryl/α,β-unsaturated/α-hetero) is 1. The van der Waals surface area contributed by atoms with Crippen molar-refractivity contribution in [1.29, 1.82) is 5.26 Å². The van der Waals surface area contributed by atoms with Gasteiger partial charge in [-0.25, -0.2) is 4.39 Å². The molecule has 2 aromatic carbocycles. The smallest absolute Gasteiger partial charge is 0.202 e. The fourth-order valence-corrected chi connectivity index (χ4v) is 1.98. The van der Waals surface area contributed by atoms with Crippen molar-refractivity contribution < 1.29 is 13.9 Å². The van der Waals surface area contributed by atoms with Crippen LogP contribution in [0.3, 0.4) is 0 Å². The Kier molecular flexibility index (Phi) is 4.56. The van der Waals surface area contributed by atoms with Crippen molar-refractivity contribution in [3.05, 3.63) is 64.4 Å². The molecule has 2 aromatic rings. The van der Waals surface area contributed by atoms with Crippen LogP contribution >= 0.6 is 11.6 Å². The summed E-state index contributed by atoms with van der Waals surface area (Å²) in [5.41, 5.74) is 0.763. The van der Waals surface area contributed by atoms with Crippen LogP contribution in [0.5, 0.6) is 5.75 Å². The Morgan fingerprint density at radius 1 is 1.29 bits per heavy atom. The summed E-state index contributed by atoms with van der Waals surface area (Å²) in [4.78, 5) is 12.2. The van der Waals surface area contributed by atoms with E-state index in [-0.39, 0.29) is 10.8 Å². The molecule has 0 N–H and O–H groups in total. The number of halogens is 2. The molecule has 0 aliphatic carbocycles. The van der Waals surface area contributed by atoms with Crippen molar-refractivity contribution in [2.45, 2.75) is 13.0 Å². The van der Waals surface area contributed by atoms with E-state index in [9.17, 15) is 9.18 Å². The normalized spacial score (nSPS) is 11.5. The summed E-state index contributed by atoms with van der Waals surface area (Å²) in [6, 6.07) is 11.7. The molecule has 0 bridgehead atoms. The van der Waals surface area contributed by atoms with E-state index in [1.807, 2.05) is 6.07 Å². The largest absolute Gasteiger partial charge is 0.481 e. The zero-order valence-electron chi connectivity index (χ0n) is 11.1. The van der Waals surface area contributed by atoms with Crippen LogP contribution in [-0.2, 0) is 0 Å². The maximum absolute atomic E-state index is 12.8. The van der Waals surface area contributed by atoms with Gasteiger partial charge < -0.3 is 4.74 Å². The molecule has 0 aliphatic heterocycles. The number of nitrogens with zero attached hydrogens (tertiary/aromatic N) is 1. The van der Waals surface area contributed by atoms with Crippen LogP contribution < -0.4 is 4.74 Å². The first-order valence-electron chi connectivity index (χ1n) is 6.17. The zero-order chi connectivity index (χ0) is 15.4. The molecule has 3 nitrogen and oxygen atoms in total. The molecule has 0 spiro atoms. The molecule has 0 radical (unpaired) electrons. The topological polar surface area (TPSA) is 50.1 Å². The number of hydrogen-bond donors (Lipinski definition) is 0. The molecule has 1 atom stereocenters. The van der Waals surface area contributed by atoms with E-state index in [2.05, 4.69) is 0 Å². The summed E-state index contributed by atoms with van der Waals surface area (Å²) in [6.07, 6.45) is -0.777. The van der Waals surface area contributed by atoms with Crippen molar-refractivity contribution in [3.8, 4) is 11.8 Å². The minimum Gasteiger partial charge on any atom is -0.481 e. The fraction of sp³-hybridized carbons (Fsp3) is 0.125. The third-order valence-corrected chi connectivity index (χ3v) is 3.16. The molecule has 21 heavy (non-hydrogen) atoms. The van der Waals surface area contributed by atoms with Gasteiger partial charge in [0.25, 0.3) is 0 Å². The molecule has 0 saturated carbocycles. The van der Waals surface area contributed by atoms with E-state index in [1.165, 1.54) is 36.4 Å². The van der Waals surface area contributed by atoms with Gasteiger partial charge in [0.15, 0.2) is 6.10 Å². The molecule has 2 rings (SSSR count). The summed E-state index contributed by atoms with van der Waals surface area (Å²) in [5, 5.41) is 9.02. The highest BCUT2D eigenvalue weighted by Gasteiger charge is 2.18. The van der Waals surface area contributed by atoms with Crippen molar-refractivity contribution in [1.82, 2.24) is 0 Å². The van der Waals surface area contributed by atoms with Gasteiger partial charge in [0.05, 0.1) is 16.7 Å². The standard InChI is InChI=1S/C16H11ClFNO2/c1-10(16(20)12-3-5-13(18)6-4-12)21-15-7-2-11(9-19)8-14(15)17/h2-8,10H,1H3. The van der Waals surface area contributed by atoms with Gasteiger partial charge in [-0.3, -0.25) is 4.79 Å². The Bertz CT molecular complexity index is 707. The van der Waals surface area contributed by atoms with E-state index in [1.54, 1.807) is 13.0 Å². The number of carbonyl (C=O) groups excluding carboxylic acids is 1. The molecule has 0 aliphatic rings. The first-order chi connectivity index (χ1) is 10.0. The third kappa shape index (κ3) is 3.59. The van der Waals surface area contributed by atoms with E-state index in [0.29, 0.717) is 16.9 Å². The Labute approximate surface area is 126 Å². The Morgan fingerprint density at radius 2 is 1.95 bits per heavy atom. The monoisotopic (exact) mass is 303 g/mol. The summed E-state index contributed by atoms with van der Waals surface area (Å²) in [7, 11) is 0. The number of ether oxygens (including phenoxy) is 1. The lowest BCUT2D eigenvalue weighted by Crippen LogP contribution is -2.24. The van der Waals surface area contributed by atoms with Crippen molar-refractivity contribution >= 4 is 17.4 Å². The van der Waals surface area contributed by atoms with Crippen molar-refractivity contribution in [3.63, 3.8) is 0 Å². The molecule has 0 aromatic heterocycles. The highest BCUT2D eigenvalue weighted by molar-refractivity contribution is 6.32. The summed E-state index contributed by atoms with van der Waals surface area (Å²) >= 11 is 5.99. The lowest BCUT2D eigenvalue weighted by atomic mass is 10.1. The second kappa shape index (κ2) is 6.38. The van der Waals surface area contributed by atoms with E-state index < -0.39 is 11.9 Å². The van der Waals surface area contributed by atoms with Crippen LogP contribution in [0.2, 0.25) is 5.02 Å². The number of rotatable bonds is 4. The number of carbonyl (C=O) groups is 1. The van der Waals surface area contributed by atoms with Gasteiger partial charge in [-0.2, -0.15) is 5.26 Å². The molecule has 0 fully saturated rings. The van der Waals surface area contributed by atoms with Crippen molar-refractivity contribution in [2.24, 2.45) is 0 Å². The second-order valence-electron chi connectivity index (χ2n) is 4.39. The third-order valence-electron chi connectivity index (χ3n) is 2.86. The quantitative estimate of drug-likeness (QED) is 0.802. The lowest BCUT2D eigenvalue weighted by Gasteiger charge is -2.15. The summed E-state index contributed by atoms with van der Waals surface area (Å²) in [5.74, 6) is -0.371. The maximum Gasteiger partial charge on any atom is 0.202 e. The summed E-state index contributed by atoms with van der Waals surface area (Å²) in [6.45, 7) is 1.58. The average molecular weight is 304 g/mol. The predicted octanol–water partition coefficient (Wildman–Crippen LogP) is 4.00. The number of benzene rings is 2. The van der Waals surface area contributed by atoms with E-state index in [0.717, 1.165) is 0 Å². The molecule has 0 heterocycles. The molecule has 106 valence electrons. The summed E-state index contributed by atoms with van der Waals surface area (Å²) < 4.78 is 18.3. The van der Waals surface area contributed by atoms with Crippen LogP contribution in [0.4, 0.5) is 4.39 Å². The van der Waals surface area contributed by atoms with Crippen LogP contribution in [0.1, 0.15) is 22.8 Å². The Balaban J connectivity index is 2.14. The average Bonchev–Trinajstić information content (AvgIpc) is 2.49. The van der Waals surface area contributed by atoms with Crippen molar-refractivity contribution in [2.75, 3.05) is 0 Å². The number of hydrogen-bond acceptors (Lipinski definition) is 3. The van der Waals surface area contributed by atoms with Crippen LogP contribution in [0, 0.1) is 17.1 Å². The van der Waals surface area contributed by atoms with Gasteiger partial charge in [-0.1, -0.05) is 11.6 Å². The molecule has 1 unspecified atom stereocenters. The lowest BCUT2D eigenvalue weighted by molar-refractivity contribution is 0.0818. The van der Waals surface area contributed by atoms with Gasteiger partial charge in [-0.15, -0.1) is 0 Å². The SMILES string of the molecule is CC(Oc1ccc(C#N)cc1Cl)C(=O)c1ccc(F)cc1. The molecule has 5 heteroatoms. The van der Waals surface area contributed by atoms with Gasteiger partial charge in [-0.05, 0) is 49.4 Å². The zero-order valence-corrected chi connectivity index (χ0v) is 11.9.